The summed E-state index contributed by atoms with van der Waals surface area (Å²) >= 11 is 1.46. The van der Waals surface area contributed by atoms with Gasteiger partial charge in [-0.25, -0.2) is 18.7 Å². The molecule has 0 saturated carbocycles. The van der Waals surface area contributed by atoms with Gasteiger partial charge in [-0.15, -0.1) is 17.8 Å². The van der Waals surface area contributed by atoms with Gasteiger partial charge in [-0.05, 0) is 43.3 Å². The Morgan fingerprint density at radius 3 is 2.79 bits per heavy atom. The van der Waals surface area contributed by atoms with Crippen molar-refractivity contribution in [3.05, 3.63) is 47.0 Å². The van der Waals surface area contributed by atoms with Crippen LogP contribution in [0.3, 0.4) is 0 Å². The third-order valence-corrected chi connectivity index (χ3v) is 7.27. The molecule has 0 radical (unpaired) electrons. The minimum atomic E-state index is -2.71. The number of fused-ring (bicyclic) bond motifs is 5. The van der Waals surface area contributed by atoms with E-state index in [-0.39, 0.29) is 25.0 Å². The van der Waals surface area contributed by atoms with Crippen LogP contribution >= 0.6 is 11.3 Å². The van der Waals surface area contributed by atoms with Crippen molar-refractivity contribution in [2.24, 2.45) is 0 Å². The quantitative estimate of drug-likeness (QED) is 0.418. The van der Waals surface area contributed by atoms with Gasteiger partial charge in [0, 0.05) is 33.6 Å². The van der Waals surface area contributed by atoms with Crippen LogP contribution in [0, 0.1) is 12.3 Å². The van der Waals surface area contributed by atoms with Crippen LogP contribution in [0.25, 0.3) is 32.2 Å². The lowest BCUT2D eigenvalue weighted by Crippen LogP contribution is -2.56. The molecule has 0 spiro atoms. The van der Waals surface area contributed by atoms with Crippen molar-refractivity contribution >= 4 is 49.7 Å². The predicted molar refractivity (Wildman–Crippen MR) is 131 cm³/mol. The van der Waals surface area contributed by atoms with Gasteiger partial charge in [0.2, 0.25) is 0 Å². The zero-order valence-corrected chi connectivity index (χ0v) is 19.0. The number of nitrogens with zero attached hydrogens (tertiary/aromatic N) is 3. The molecule has 2 aliphatic rings. The number of amides is 1. The first kappa shape index (κ1) is 20.8. The summed E-state index contributed by atoms with van der Waals surface area (Å²) in [6, 6.07) is 11.3. The van der Waals surface area contributed by atoms with Gasteiger partial charge in [0.25, 0.3) is 11.8 Å². The molecule has 4 aromatic rings. The third kappa shape index (κ3) is 3.33. The first-order chi connectivity index (χ1) is 16.3. The molecule has 6 nitrogen and oxygen atoms in total. The minimum absolute atomic E-state index is 0.0273. The van der Waals surface area contributed by atoms with E-state index in [4.69, 9.17) is 11.4 Å². The normalized spacial score (nSPS) is 19.1. The van der Waals surface area contributed by atoms with Crippen LogP contribution in [-0.4, -0.2) is 47.5 Å². The fourth-order valence-electron chi connectivity index (χ4n) is 4.46. The number of nitrogens with one attached hydrogen (secondary N) is 2. The van der Waals surface area contributed by atoms with Crippen LogP contribution in [-0.2, 0) is 0 Å². The SMILES string of the molecule is C#Cc1cc(-c2ccc3c(ccc4sc5c(c43)NC[C@@H](C)NC5=O)n2)cc(N2CC(F)(F)C2)n1. The summed E-state index contributed by atoms with van der Waals surface area (Å²) in [5, 5.41) is 8.33. The maximum absolute atomic E-state index is 13.4. The molecule has 1 aromatic carbocycles. The highest BCUT2D eigenvalue weighted by atomic mass is 32.1. The van der Waals surface area contributed by atoms with E-state index >= 15 is 0 Å². The summed E-state index contributed by atoms with van der Waals surface area (Å²) in [4.78, 5) is 24.0. The van der Waals surface area contributed by atoms with Crippen molar-refractivity contribution in [2.45, 2.75) is 18.9 Å². The molecule has 170 valence electrons. The van der Waals surface area contributed by atoms with Crippen molar-refractivity contribution in [2.75, 3.05) is 29.9 Å². The number of carbonyl (C=O) groups excluding carboxylic acids is 1. The van der Waals surface area contributed by atoms with Gasteiger partial charge in [0.1, 0.15) is 16.4 Å². The number of hydrogen-bond donors (Lipinski definition) is 2. The van der Waals surface area contributed by atoms with Gasteiger partial charge in [0.15, 0.2) is 0 Å². The Bertz CT molecular complexity index is 1530. The van der Waals surface area contributed by atoms with Crippen LogP contribution in [0.2, 0.25) is 0 Å². The zero-order valence-electron chi connectivity index (χ0n) is 18.2. The maximum Gasteiger partial charge on any atom is 0.282 e. The second-order valence-corrected chi connectivity index (χ2v) is 9.77. The Kier molecular flexibility index (Phi) is 4.51. The minimum Gasteiger partial charge on any atom is -0.381 e. The molecule has 1 amide bonds. The number of aromatic nitrogens is 2. The van der Waals surface area contributed by atoms with E-state index in [0.29, 0.717) is 34.2 Å². The molecular formula is C25H19F2N5OS. The Hall–Kier alpha value is -3.77. The molecule has 9 heteroatoms. The average Bonchev–Trinajstić information content (AvgIpc) is 3.13. The Balaban J connectivity index is 1.46. The average molecular weight is 476 g/mol. The fourth-order valence-corrected chi connectivity index (χ4v) is 5.56. The molecule has 1 saturated heterocycles. The van der Waals surface area contributed by atoms with Crippen LogP contribution in [0.1, 0.15) is 22.3 Å². The van der Waals surface area contributed by atoms with Crippen molar-refractivity contribution in [1.82, 2.24) is 15.3 Å². The topological polar surface area (TPSA) is 70.2 Å². The summed E-state index contributed by atoms with van der Waals surface area (Å²) in [5.41, 5.74) is 3.35. The van der Waals surface area contributed by atoms with Gasteiger partial charge in [-0.3, -0.25) is 4.79 Å². The molecule has 0 bridgehead atoms. The molecule has 2 N–H and O–H groups in total. The predicted octanol–water partition coefficient (Wildman–Crippen LogP) is 4.49. The monoisotopic (exact) mass is 475 g/mol. The standard InChI is InChI=1S/C25H19F2N5OS/c1-3-15-8-14(9-20(30-15)32-11-25(26,27)12-32)17-5-4-16-18(31-17)6-7-19-21(16)22-23(34-19)24(33)29-13(2)10-28-22/h1,4-9,13,28H,10-12H2,2H3,(H,29,33)/t13-/m1/s1. The number of halogens is 2. The Labute approximate surface area is 198 Å². The number of terminal acetylenes is 1. The number of pyridine rings is 2. The second kappa shape index (κ2) is 7.37. The number of thiophene rings is 1. The van der Waals surface area contributed by atoms with E-state index in [1.807, 2.05) is 31.2 Å². The molecule has 0 unspecified atom stereocenters. The van der Waals surface area contributed by atoms with Gasteiger partial charge >= 0.3 is 0 Å². The molecule has 1 fully saturated rings. The summed E-state index contributed by atoms with van der Waals surface area (Å²) in [6.45, 7) is 1.85. The van der Waals surface area contributed by atoms with Gasteiger partial charge in [-0.1, -0.05) is 5.92 Å². The zero-order chi connectivity index (χ0) is 23.6. The lowest BCUT2D eigenvalue weighted by Gasteiger charge is -2.39. The van der Waals surface area contributed by atoms with E-state index < -0.39 is 5.92 Å². The largest absolute Gasteiger partial charge is 0.381 e. The van der Waals surface area contributed by atoms with Crippen molar-refractivity contribution in [3.8, 4) is 23.6 Å². The number of carbonyl (C=O) groups is 1. The third-order valence-electron chi connectivity index (χ3n) is 6.11. The van der Waals surface area contributed by atoms with E-state index in [1.165, 1.54) is 16.2 Å². The van der Waals surface area contributed by atoms with E-state index in [1.54, 1.807) is 12.1 Å². The number of anilines is 2. The van der Waals surface area contributed by atoms with E-state index in [2.05, 4.69) is 21.5 Å². The molecule has 0 aliphatic carbocycles. The number of benzene rings is 1. The summed E-state index contributed by atoms with van der Waals surface area (Å²) in [7, 11) is 0. The first-order valence-electron chi connectivity index (χ1n) is 10.8. The molecule has 2 aliphatic heterocycles. The Morgan fingerprint density at radius 2 is 2.03 bits per heavy atom. The van der Waals surface area contributed by atoms with E-state index in [0.717, 1.165) is 26.7 Å². The van der Waals surface area contributed by atoms with Crippen LogP contribution in [0.4, 0.5) is 20.3 Å². The smallest absolute Gasteiger partial charge is 0.282 e. The molecular weight excluding hydrogens is 456 g/mol. The highest BCUT2D eigenvalue weighted by Crippen LogP contribution is 2.41. The molecule has 5 heterocycles. The summed E-state index contributed by atoms with van der Waals surface area (Å²) in [6.07, 6.45) is 5.58. The Morgan fingerprint density at radius 1 is 1.21 bits per heavy atom. The molecule has 3 aromatic heterocycles. The highest BCUT2D eigenvalue weighted by molar-refractivity contribution is 7.21. The summed E-state index contributed by atoms with van der Waals surface area (Å²) < 4.78 is 27.8. The first-order valence-corrected chi connectivity index (χ1v) is 11.7. The lowest BCUT2D eigenvalue weighted by atomic mass is 10.1. The van der Waals surface area contributed by atoms with E-state index in [9.17, 15) is 13.6 Å². The van der Waals surface area contributed by atoms with Crippen LogP contribution in [0.5, 0.6) is 0 Å². The maximum atomic E-state index is 13.4. The lowest BCUT2D eigenvalue weighted by molar-refractivity contribution is -0.0267. The number of rotatable bonds is 2. The second-order valence-electron chi connectivity index (χ2n) is 8.72. The summed E-state index contributed by atoms with van der Waals surface area (Å²) in [5.74, 6) is 0.146. The number of hydrogen-bond acceptors (Lipinski definition) is 6. The van der Waals surface area contributed by atoms with Crippen LogP contribution < -0.4 is 15.5 Å². The van der Waals surface area contributed by atoms with Gasteiger partial charge in [-0.2, -0.15) is 0 Å². The van der Waals surface area contributed by atoms with Crippen LogP contribution in [0.15, 0.2) is 36.4 Å². The fraction of sp³-hybridized carbons (Fsp3) is 0.240. The van der Waals surface area contributed by atoms with Crippen molar-refractivity contribution < 1.29 is 13.6 Å². The highest BCUT2D eigenvalue weighted by Gasteiger charge is 2.44. The molecule has 34 heavy (non-hydrogen) atoms. The van der Waals surface area contributed by atoms with Crippen molar-refractivity contribution in [3.63, 3.8) is 0 Å². The van der Waals surface area contributed by atoms with Gasteiger partial charge < -0.3 is 15.5 Å². The molecule has 6 rings (SSSR count). The number of alkyl halides is 2. The van der Waals surface area contributed by atoms with Gasteiger partial charge in [0.05, 0.1) is 30.0 Å². The van der Waals surface area contributed by atoms with Crippen molar-refractivity contribution in [1.29, 1.82) is 0 Å². The molecule has 1 atom stereocenters.